The Morgan fingerprint density at radius 2 is 2.36 bits per heavy atom. The normalized spacial score (nSPS) is 18.0. The van der Waals surface area contributed by atoms with Gasteiger partial charge in [-0.3, -0.25) is 4.99 Å². The minimum atomic E-state index is -0.271. The number of hydrogen-bond donors (Lipinski definition) is 2. The summed E-state index contributed by atoms with van der Waals surface area (Å²) in [4.78, 5) is 10.4. The summed E-state index contributed by atoms with van der Waals surface area (Å²) in [7, 11) is 1.76. The van der Waals surface area contributed by atoms with Crippen molar-refractivity contribution in [3.63, 3.8) is 0 Å². The molecule has 0 aliphatic carbocycles. The SMILES string of the molecule is CN=C(NCCCOCC(C)C)NC1CCN(c2ncccc2F)C1. The number of nitrogens with one attached hydrogen (secondary N) is 2. The summed E-state index contributed by atoms with van der Waals surface area (Å²) >= 11 is 0. The third-order valence-electron chi connectivity index (χ3n) is 4.00. The van der Waals surface area contributed by atoms with Crippen LogP contribution in [-0.2, 0) is 4.74 Å². The van der Waals surface area contributed by atoms with Gasteiger partial charge in [-0.25, -0.2) is 9.37 Å². The first-order valence-electron chi connectivity index (χ1n) is 9.00. The van der Waals surface area contributed by atoms with Crippen LogP contribution in [0.25, 0.3) is 0 Å². The molecule has 140 valence electrons. The number of nitrogens with zero attached hydrogens (tertiary/aromatic N) is 3. The van der Waals surface area contributed by atoms with E-state index >= 15 is 0 Å². The van der Waals surface area contributed by atoms with E-state index in [2.05, 4.69) is 34.5 Å². The minimum absolute atomic E-state index is 0.227. The Kier molecular flexibility index (Phi) is 7.91. The molecule has 0 bridgehead atoms. The van der Waals surface area contributed by atoms with Crippen molar-refractivity contribution in [1.29, 1.82) is 0 Å². The van der Waals surface area contributed by atoms with Gasteiger partial charge in [0.2, 0.25) is 0 Å². The van der Waals surface area contributed by atoms with Crippen LogP contribution in [0.2, 0.25) is 0 Å². The van der Waals surface area contributed by atoms with Crippen molar-refractivity contribution in [3.8, 4) is 0 Å². The number of guanidine groups is 1. The van der Waals surface area contributed by atoms with Crippen LogP contribution in [-0.4, -0.2) is 56.9 Å². The highest BCUT2D eigenvalue weighted by atomic mass is 19.1. The van der Waals surface area contributed by atoms with Crippen LogP contribution in [0.1, 0.15) is 26.7 Å². The third-order valence-corrected chi connectivity index (χ3v) is 4.00. The number of aromatic nitrogens is 1. The summed E-state index contributed by atoms with van der Waals surface area (Å²) in [6, 6.07) is 3.29. The second-order valence-electron chi connectivity index (χ2n) is 6.71. The van der Waals surface area contributed by atoms with E-state index in [0.29, 0.717) is 18.3 Å². The van der Waals surface area contributed by atoms with Crippen LogP contribution in [0, 0.1) is 11.7 Å². The van der Waals surface area contributed by atoms with E-state index in [1.807, 2.05) is 4.90 Å². The lowest BCUT2D eigenvalue weighted by Gasteiger charge is -2.20. The van der Waals surface area contributed by atoms with E-state index < -0.39 is 0 Å². The highest BCUT2D eigenvalue weighted by molar-refractivity contribution is 5.80. The summed E-state index contributed by atoms with van der Waals surface area (Å²) < 4.78 is 19.4. The molecule has 1 aliphatic heterocycles. The fourth-order valence-electron chi connectivity index (χ4n) is 2.77. The first-order valence-corrected chi connectivity index (χ1v) is 9.00. The molecule has 7 heteroatoms. The number of aliphatic imine (C=N–C) groups is 1. The average Bonchev–Trinajstić information content (AvgIpc) is 3.05. The molecular formula is C18H30FN5O. The number of rotatable bonds is 8. The quantitative estimate of drug-likeness (QED) is 0.426. The Balaban J connectivity index is 1.69. The maximum atomic E-state index is 13.8. The molecule has 0 aromatic carbocycles. The molecule has 2 heterocycles. The summed E-state index contributed by atoms with van der Waals surface area (Å²) in [6.07, 6.45) is 3.48. The smallest absolute Gasteiger partial charge is 0.191 e. The monoisotopic (exact) mass is 351 g/mol. The molecular weight excluding hydrogens is 321 g/mol. The van der Waals surface area contributed by atoms with Crippen LogP contribution in [0.4, 0.5) is 10.2 Å². The maximum absolute atomic E-state index is 13.8. The van der Waals surface area contributed by atoms with Crippen molar-refractivity contribution in [1.82, 2.24) is 15.6 Å². The minimum Gasteiger partial charge on any atom is -0.381 e. The Morgan fingerprint density at radius 1 is 1.52 bits per heavy atom. The van der Waals surface area contributed by atoms with Gasteiger partial charge in [-0.05, 0) is 30.9 Å². The largest absolute Gasteiger partial charge is 0.381 e. The van der Waals surface area contributed by atoms with E-state index in [1.165, 1.54) is 6.07 Å². The molecule has 1 atom stereocenters. The standard InChI is InChI=1S/C18H30FN5O/c1-14(2)13-25-11-5-9-22-18(20-3)23-15-7-10-24(12-15)17-16(19)6-4-8-21-17/h4,6,8,14-15H,5,7,9-13H2,1-3H3,(H2,20,22,23). The highest BCUT2D eigenvalue weighted by Gasteiger charge is 2.25. The van der Waals surface area contributed by atoms with Gasteiger partial charge >= 0.3 is 0 Å². The maximum Gasteiger partial charge on any atom is 0.191 e. The van der Waals surface area contributed by atoms with Crippen molar-refractivity contribution in [2.45, 2.75) is 32.7 Å². The van der Waals surface area contributed by atoms with Gasteiger partial charge in [-0.1, -0.05) is 13.8 Å². The van der Waals surface area contributed by atoms with Gasteiger partial charge in [0.05, 0.1) is 0 Å². The molecule has 0 spiro atoms. The topological polar surface area (TPSA) is 61.8 Å². The van der Waals surface area contributed by atoms with Crippen LogP contribution in [0.5, 0.6) is 0 Å². The zero-order valence-corrected chi connectivity index (χ0v) is 15.5. The molecule has 6 nitrogen and oxygen atoms in total. The molecule has 1 aromatic heterocycles. The van der Waals surface area contributed by atoms with Gasteiger partial charge in [-0.15, -0.1) is 0 Å². The fraction of sp³-hybridized carbons (Fsp3) is 0.667. The summed E-state index contributed by atoms with van der Waals surface area (Å²) in [6.45, 7) is 8.14. The molecule has 0 radical (unpaired) electrons. The molecule has 1 aliphatic rings. The number of hydrogen-bond acceptors (Lipinski definition) is 4. The fourth-order valence-corrected chi connectivity index (χ4v) is 2.77. The van der Waals surface area contributed by atoms with Crippen LogP contribution < -0.4 is 15.5 Å². The van der Waals surface area contributed by atoms with E-state index in [1.54, 1.807) is 19.3 Å². The Hall–Kier alpha value is -1.89. The molecule has 1 fully saturated rings. The molecule has 2 rings (SSSR count). The van der Waals surface area contributed by atoms with Crippen LogP contribution in [0.3, 0.4) is 0 Å². The molecule has 0 amide bonds. The Morgan fingerprint density at radius 3 is 3.08 bits per heavy atom. The van der Waals surface area contributed by atoms with Crippen molar-refractivity contribution in [2.24, 2.45) is 10.9 Å². The van der Waals surface area contributed by atoms with Gasteiger partial charge < -0.3 is 20.3 Å². The number of pyridine rings is 1. The van der Waals surface area contributed by atoms with Crippen molar-refractivity contribution < 1.29 is 9.13 Å². The van der Waals surface area contributed by atoms with Crippen molar-refractivity contribution in [2.75, 3.05) is 44.8 Å². The van der Waals surface area contributed by atoms with Crippen LogP contribution >= 0.6 is 0 Å². The second kappa shape index (κ2) is 10.2. The highest BCUT2D eigenvalue weighted by Crippen LogP contribution is 2.20. The lowest BCUT2D eigenvalue weighted by molar-refractivity contribution is 0.108. The van der Waals surface area contributed by atoms with Gasteiger partial charge in [0.15, 0.2) is 17.6 Å². The molecule has 1 unspecified atom stereocenters. The second-order valence-corrected chi connectivity index (χ2v) is 6.71. The van der Waals surface area contributed by atoms with E-state index in [-0.39, 0.29) is 11.9 Å². The van der Waals surface area contributed by atoms with Crippen molar-refractivity contribution in [3.05, 3.63) is 24.1 Å². The lowest BCUT2D eigenvalue weighted by atomic mass is 10.2. The van der Waals surface area contributed by atoms with E-state index in [9.17, 15) is 4.39 Å². The molecule has 1 saturated heterocycles. The summed E-state index contributed by atoms with van der Waals surface area (Å²) in [5.41, 5.74) is 0. The zero-order valence-electron chi connectivity index (χ0n) is 15.5. The molecule has 2 N–H and O–H groups in total. The molecule has 1 aromatic rings. The Labute approximate surface area is 149 Å². The van der Waals surface area contributed by atoms with Crippen LogP contribution in [0.15, 0.2) is 23.3 Å². The summed E-state index contributed by atoms with van der Waals surface area (Å²) in [5, 5.41) is 6.70. The van der Waals surface area contributed by atoms with E-state index in [0.717, 1.165) is 45.1 Å². The molecule has 25 heavy (non-hydrogen) atoms. The van der Waals surface area contributed by atoms with Gasteiger partial charge in [0.1, 0.15) is 0 Å². The van der Waals surface area contributed by atoms with Gasteiger partial charge in [0.25, 0.3) is 0 Å². The van der Waals surface area contributed by atoms with Gasteiger partial charge in [0, 0.05) is 52.1 Å². The first kappa shape index (κ1) is 19.4. The van der Waals surface area contributed by atoms with Crippen molar-refractivity contribution >= 4 is 11.8 Å². The lowest BCUT2D eigenvalue weighted by Crippen LogP contribution is -2.45. The van der Waals surface area contributed by atoms with Gasteiger partial charge in [-0.2, -0.15) is 0 Å². The zero-order chi connectivity index (χ0) is 18.1. The number of anilines is 1. The Bertz CT molecular complexity index is 552. The third kappa shape index (κ3) is 6.49. The number of halogens is 1. The first-order chi connectivity index (χ1) is 12.1. The molecule has 0 saturated carbocycles. The number of ether oxygens (including phenoxy) is 1. The average molecular weight is 351 g/mol. The predicted octanol–water partition coefficient (Wildman–Crippen LogP) is 2.03. The van der Waals surface area contributed by atoms with E-state index in [4.69, 9.17) is 4.74 Å². The predicted molar refractivity (Wildman–Crippen MR) is 99.6 cm³/mol. The summed E-state index contributed by atoms with van der Waals surface area (Å²) in [5.74, 6) is 1.50.